The van der Waals surface area contributed by atoms with Gasteiger partial charge in [-0.25, -0.2) is 22.2 Å². The molecule has 0 aliphatic rings. The van der Waals surface area contributed by atoms with Crippen molar-refractivity contribution < 1.29 is 22.3 Å². The first-order chi connectivity index (χ1) is 8.28. The van der Waals surface area contributed by atoms with Gasteiger partial charge in [0.15, 0.2) is 9.34 Å². The third-order valence-corrected chi connectivity index (χ3v) is 5.47. The van der Waals surface area contributed by atoms with Gasteiger partial charge in [-0.05, 0) is 6.92 Å². The minimum atomic E-state index is -4.10. The maximum Gasteiger partial charge on any atom is 0.254 e. The second-order valence-corrected chi connectivity index (χ2v) is 6.57. The van der Waals surface area contributed by atoms with Crippen LogP contribution in [0.15, 0.2) is 4.21 Å². The highest BCUT2D eigenvalue weighted by molar-refractivity contribution is 7.91. The Balaban J connectivity index is 3.12. The van der Waals surface area contributed by atoms with E-state index in [0.717, 1.165) is 0 Å². The van der Waals surface area contributed by atoms with Gasteiger partial charge in [0.2, 0.25) is 0 Å². The molecule has 1 rings (SSSR count). The molecule has 0 aliphatic carbocycles. The van der Waals surface area contributed by atoms with E-state index in [1.807, 2.05) is 0 Å². The second kappa shape index (κ2) is 5.87. The number of anilines is 1. The number of sulfonamides is 1. The average molecular weight is 301 g/mol. The number of hydrogen-bond acceptors (Lipinski definition) is 6. The van der Waals surface area contributed by atoms with Crippen molar-refractivity contribution in [1.29, 1.82) is 0 Å². The molecule has 0 bridgehead atoms. The van der Waals surface area contributed by atoms with Crippen LogP contribution in [0.2, 0.25) is 0 Å². The molecule has 18 heavy (non-hydrogen) atoms. The zero-order valence-corrected chi connectivity index (χ0v) is 11.1. The Kier molecular flexibility index (Phi) is 4.96. The van der Waals surface area contributed by atoms with Crippen molar-refractivity contribution in [2.75, 3.05) is 25.4 Å². The molecule has 3 N–H and O–H groups in total. The Hall–Kier alpha value is -0.840. The minimum Gasteiger partial charge on any atom is -0.395 e. The lowest BCUT2D eigenvalue weighted by Crippen LogP contribution is -2.37. The quantitative estimate of drug-likeness (QED) is 0.787. The summed E-state index contributed by atoms with van der Waals surface area (Å²) in [5, 5.41) is 8.79. The van der Waals surface area contributed by atoms with E-state index in [2.05, 4.69) is 4.98 Å². The third-order valence-electron chi connectivity index (χ3n) is 2.04. The van der Waals surface area contributed by atoms with Gasteiger partial charge >= 0.3 is 0 Å². The average Bonchev–Trinajstić information content (AvgIpc) is 2.57. The molecule has 0 saturated heterocycles. The molecule has 1 heterocycles. The first kappa shape index (κ1) is 15.2. The third kappa shape index (κ3) is 3.34. The highest BCUT2D eigenvalue weighted by Crippen LogP contribution is 2.28. The van der Waals surface area contributed by atoms with Crippen LogP contribution in [0.1, 0.15) is 5.69 Å². The number of hydrogen-bond donors (Lipinski definition) is 2. The van der Waals surface area contributed by atoms with Gasteiger partial charge in [-0.15, -0.1) is 0 Å². The van der Waals surface area contributed by atoms with E-state index in [1.54, 1.807) is 0 Å². The summed E-state index contributed by atoms with van der Waals surface area (Å²) >= 11 is 0.713. The summed E-state index contributed by atoms with van der Waals surface area (Å²) in [6, 6.07) is 0. The Morgan fingerprint density at radius 3 is 2.56 bits per heavy atom. The van der Waals surface area contributed by atoms with Crippen molar-refractivity contribution in [3.63, 3.8) is 0 Å². The van der Waals surface area contributed by atoms with E-state index in [4.69, 9.17) is 10.8 Å². The minimum absolute atomic E-state index is 0.0482. The fraction of sp³-hybridized carbons (Fsp3) is 0.625. The number of nitrogens with zero attached hydrogens (tertiary/aromatic N) is 2. The highest BCUT2D eigenvalue weighted by Gasteiger charge is 2.30. The molecule has 0 saturated carbocycles. The lowest BCUT2D eigenvalue weighted by atomic mass is 10.6. The molecule has 0 fully saturated rings. The van der Waals surface area contributed by atoms with Crippen molar-refractivity contribution >= 4 is 26.5 Å². The molecule has 104 valence electrons. The maximum absolute atomic E-state index is 12.3. The van der Waals surface area contributed by atoms with Gasteiger partial charge in [-0.2, -0.15) is 4.31 Å². The SMILES string of the molecule is Cc1nc(N)sc1S(=O)(=O)N(CCO)CC(F)F. The molecule has 0 aliphatic heterocycles. The number of nitrogen functional groups attached to an aromatic ring is 1. The van der Waals surface area contributed by atoms with Gasteiger partial charge in [0.1, 0.15) is 0 Å². The number of nitrogens with two attached hydrogens (primary N) is 1. The number of rotatable bonds is 6. The number of aliphatic hydroxyl groups is 1. The molecular weight excluding hydrogens is 288 g/mol. The van der Waals surface area contributed by atoms with Crippen LogP contribution in [0.4, 0.5) is 13.9 Å². The van der Waals surface area contributed by atoms with E-state index in [1.165, 1.54) is 6.92 Å². The Morgan fingerprint density at radius 1 is 1.56 bits per heavy atom. The Labute approximate surface area is 107 Å². The predicted octanol–water partition coefficient (Wildman–Crippen LogP) is 0.282. The first-order valence-corrected chi connectivity index (χ1v) is 7.16. The van der Waals surface area contributed by atoms with E-state index in [0.29, 0.717) is 15.6 Å². The number of aromatic nitrogens is 1. The van der Waals surface area contributed by atoms with E-state index >= 15 is 0 Å². The number of alkyl halides is 2. The van der Waals surface area contributed by atoms with Gasteiger partial charge in [-0.3, -0.25) is 0 Å². The zero-order chi connectivity index (χ0) is 13.9. The van der Waals surface area contributed by atoms with Gasteiger partial charge in [-0.1, -0.05) is 11.3 Å². The monoisotopic (exact) mass is 301 g/mol. The molecule has 1 aromatic rings. The number of aryl methyl sites for hydroxylation is 1. The van der Waals surface area contributed by atoms with Crippen LogP contribution in [0.25, 0.3) is 0 Å². The topological polar surface area (TPSA) is 96.5 Å². The summed E-state index contributed by atoms with van der Waals surface area (Å²) < 4.78 is 49.2. The van der Waals surface area contributed by atoms with Crippen LogP contribution < -0.4 is 5.73 Å². The Bertz CT molecular complexity index is 504. The van der Waals surface area contributed by atoms with E-state index in [-0.39, 0.29) is 15.0 Å². The normalized spacial score (nSPS) is 12.6. The second-order valence-electron chi connectivity index (χ2n) is 3.40. The zero-order valence-electron chi connectivity index (χ0n) is 9.51. The Morgan fingerprint density at radius 2 is 2.17 bits per heavy atom. The van der Waals surface area contributed by atoms with Crippen molar-refractivity contribution in [2.24, 2.45) is 0 Å². The lowest BCUT2D eigenvalue weighted by molar-refractivity contribution is 0.113. The largest absolute Gasteiger partial charge is 0.395 e. The molecule has 0 atom stereocenters. The fourth-order valence-corrected chi connectivity index (χ4v) is 4.18. The molecule has 0 spiro atoms. The molecule has 1 aromatic heterocycles. The van der Waals surface area contributed by atoms with Crippen LogP contribution in [0.5, 0.6) is 0 Å². The predicted molar refractivity (Wildman–Crippen MR) is 63.1 cm³/mol. The number of thiazole rings is 1. The van der Waals surface area contributed by atoms with Crippen molar-refractivity contribution in [1.82, 2.24) is 9.29 Å². The van der Waals surface area contributed by atoms with Crippen LogP contribution in [-0.4, -0.2) is 48.9 Å². The van der Waals surface area contributed by atoms with E-state index < -0.39 is 36.1 Å². The van der Waals surface area contributed by atoms with Gasteiger partial charge in [0.25, 0.3) is 16.4 Å². The summed E-state index contributed by atoms with van der Waals surface area (Å²) in [7, 11) is -4.10. The van der Waals surface area contributed by atoms with Crippen LogP contribution in [0, 0.1) is 6.92 Å². The van der Waals surface area contributed by atoms with Gasteiger partial charge in [0.05, 0.1) is 18.8 Å². The van der Waals surface area contributed by atoms with Crippen LogP contribution in [-0.2, 0) is 10.0 Å². The van der Waals surface area contributed by atoms with E-state index in [9.17, 15) is 17.2 Å². The smallest absolute Gasteiger partial charge is 0.254 e. The summed E-state index contributed by atoms with van der Waals surface area (Å²) in [5.74, 6) is 0. The van der Waals surface area contributed by atoms with Crippen molar-refractivity contribution in [3.8, 4) is 0 Å². The molecule has 0 radical (unpaired) electrons. The summed E-state index contributed by atoms with van der Waals surface area (Å²) in [5.41, 5.74) is 5.54. The molecule has 6 nitrogen and oxygen atoms in total. The molecule has 0 unspecified atom stereocenters. The molecule has 0 aromatic carbocycles. The van der Waals surface area contributed by atoms with Gasteiger partial charge < -0.3 is 10.8 Å². The fourth-order valence-electron chi connectivity index (χ4n) is 1.33. The summed E-state index contributed by atoms with van der Waals surface area (Å²) in [4.78, 5) is 3.74. The first-order valence-electron chi connectivity index (χ1n) is 4.91. The standard InChI is InChI=1S/C8H13F2N3O3S2/c1-5-7(17-8(11)12-5)18(15,16)13(2-3-14)4-6(9)10/h6,14H,2-4H2,1H3,(H2,11,12). The van der Waals surface area contributed by atoms with Gasteiger partial charge in [0, 0.05) is 6.54 Å². The lowest BCUT2D eigenvalue weighted by Gasteiger charge is -2.19. The molecule has 0 amide bonds. The summed E-state index contributed by atoms with van der Waals surface area (Å²) in [6.45, 7) is -0.484. The summed E-state index contributed by atoms with van der Waals surface area (Å²) in [6.07, 6.45) is -2.82. The number of halogens is 2. The molecule has 10 heteroatoms. The van der Waals surface area contributed by atoms with Crippen LogP contribution in [0.3, 0.4) is 0 Å². The van der Waals surface area contributed by atoms with Crippen molar-refractivity contribution in [2.45, 2.75) is 17.6 Å². The van der Waals surface area contributed by atoms with Crippen molar-refractivity contribution in [3.05, 3.63) is 5.69 Å². The number of aliphatic hydroxyl groups excluding tert-OH is 1. The maximum atomic E-state index is 12.3. The molecular formula is C8H13F2N3O3S2. The highest BCUT2D eigenvalue weighted by atomic mass is 32.2. The van der Waals surface area contributed by atoms with Crippen LogP contribution >= 0.6 is 11.3 Å².